The Kier molecular flexibility index (Phi) is 4.06. The number of pyridine rings is 1. The molecule has 0 aromatic carbocycles. The molecule has 0 saturated carbocycles. The van der Waals surface area contributed by atoms with E-state index in [9.17, 15) is 0 Å². The van der Waals surface area contributed by atoms with E-state index in [-0.39, 0.29) is 6.04 Å². The molecule has 1 atom stereocenters. The Balaban J connectivity index is 2.13. The van der Waals surface area contributed by atoms with Gasteiger partial charge >= 0.3 is 0 Å². The predicted molar refractivity (Wildman–Crippen MR) is 70.0 cm³/mol. The van der Waals surface area contributed by atoms with Crippen LogP contribution in [0.2, 0.25) is 0 Å². The largest absolute Gasteiger partial charge is 0.271 e. The number of hydrazine groups is 1. The molecule has 0 radical (unpaired) electrons. The number of halogens is 1. The molecule has 0 aliphatic carbocycles. The summed E-state index contributed by atoms with van der Waals surface area (Å²) in [6.45, 7) is 0. The molecule has 1 unspecified atom stereocenters. The van der Waals surface area contributed by atoms with Gasteiger partial charge in [0.1, 0.15) is 0 Å². The van der Waals surface area contributed by atoms with Gasteiger partial charge in [0.2, 0.25) is 0 Å². The fourth-order valence-electron chi connectivity index (χ4n) is 1.53. The molecule has 0 bridgehead atoms. The summed E-state index contributed by atoms with van der Waals surface area (Å²) in [5.41, 5.74) is 4.00. The molecule has 5 heteroatoms. The highest BCUT2D eigenvalue weighted by molar-refractivity contribution is 9.10. The minimum Gasteiger partial charge on any atom is -0.271 e. The molecule has 0 spiro atoms. The van der Waals surface area contributed by atoms with Crippen molar-refractivity contribution < 1.29 is 0 Å². The number of hydrogen-bond donors (Lipinski definition) is 2. The third-order valence-electron chi connectivity index (χ3n) is 2.29. The van der Waals surface area contributed by atoms with E-state index in [2.05, 4.69) is 43.9 Å². The maximum absolute atomic E-state index is 5.57. The second-order valence-electron chi connectivity index (χ2n) is 3.45. The average molecular weight is 298 g/mol. The summed E-state index contributed by atoms with van der Waals surface area (Å²) in [7, 11) is 0. The van der Waals surface area contributed by atoms with Crippen molar-refractivity contribution in [1.29, 1.82) is 0 Å². The van der Waals surface area contributed by atoms with Crippen molar-refractivity contribution in [1.82, 2.24) is 10.4 Å². The second-order valence-corrected chi connectivity index (χ2v) is 5.35. The summed E-state index contributed by atoms with van der Waals surface area (Å²) in [4.78, 5) is 5.38. The quantitative estimate of drug-likeness (QED) is 0.674. The van der Waals surface area contributed by atoms with Crippen LogP contribution < -0.4 is 11.3 Å². The molecular weight excluding hydrogens is 286 g/mol. The van der Waals surface area contributed by atoms with Gasteiger partial charge in [-0.05, 0) is 45.4 Å². The van der Waals surface area contributed by atoms with Crippen molar-refractivity contribution in [3.05, 3.63) is 50.9 Å². The second kappa shape index (κ2) is 5.54. The molecule has 2 rings (SSSR count). The lowest BCUT2D eigenvalue weighted by atomic mass is 10.1. The maximum atomic E-state index is 5.57. The van der Waals surface area contributed by atoms with Crippen molar-refractivity contribution in [2.75, 3.05) is 0 Å². The number of hydrogen-bond acceptors (Lipinski definition) is 4. The highest BCUT2D eigenvalue weighted by Gasteiger charge is 2.11. The first-order valence-corrected chi connectivity index (χ1v) is 6.56. The molecule has 3 N–H and O–H groups in total. The van der Waals surface area contributed by atoms with Gasteiger partial charge in [-0.2, -0.15) is 0 Å². The zero-order valence-electron chi connectivity index (χ0n) is 8.56. The number of thiophene rings is 1. The Morgan fingerprint density at radius 2 is 2.38 bits per heavy atom. The molecule has 2 aromatic heterocycles. The van der Waals surface area contributed by atoms with Gasteiger partial charge in [-0.25, -0.2) is 0 Å². The van der Waals surface area contributed by atoms with E-state index in [1.54, 1.807) is 17.5 Å². The van der Waals surface area contributed by atoms with Gasteiger partial charge in [0.25, 0.3) is 0 Å². The summed E-state index contributed by atoms with van der Waals surface area (Å²) < 4.78 is 0.993. The predicted octanol–water partition coefficient (Wildman–Crippen LogP) is 2.65. The maximum Gasteiger partial charge on any atom is 0.0594 e. The molecule has 0 aliphatic heterocycles. The lowest BCUT2D eigenvalue weighted by molar-refractivity contribution is 0.560. The fraction of sp³-hybridized carbons (Fsp3) is 0.182. The van der Waals surface area contributed by atoms with Crippen molar-refractivity contribution >= 4 is 27.3 Å². The Morgan fingerprint density at radius 1 is 1.50 bits per heavy atom. The highest BCUT2D eigenvalue weighted by atomic mass is 79.9. The van der Waals surface area contributed by atoms with E-state index in [0.717, 1.165) is 16.5 Å². The smallest absolute Gasteiger partial charge is 0.0594 e. The van der Waals surface area contributed by atoms with Crippen LogP contribution in [0.15, 0.2) is 40.4 Å². The standard InChI is InChI=1S/C11H12BrN3S/c12-9-4-8(6-14-7-9)5-10(15-13)11-2-1-3-16-11/h1-4,6-7,10,15H,5,13H2. The number of aromatic nitrogens is 1. The van der Waals surface area contributed by atoms with Crippen LogP contribution in [0.3, 0.4) is 0 Å². The van der Waals surface area contributed by atoms with Crippen LogP contribution in [-0.2, 0) is 6.42 Å². The monoisotopic (exact) mass is 297 g/mol. The lowest BCUT2D eigenvalue weighted by Gasteiger charge is -2.13. The first-order valence-electron chi connectivity index (χ1n) is 4.88. The van der Waals surface area contributed by atoms with Gasteiger partial charge in [-0.15, -0.1) is 11.3 Å². The normalized spacial score (nSPS) is 12.6. The Bertz CT molecular complexity index is 444. The molecule has 2 heterocycles. The van der Waals surface area contributed by atoms with E-state index >= 15 is 0 Å². The van der Waals surface area contributed by atoms with Crippen LogP contribution in [0, 0.1) is 0 Å². The van der Waals surface area contributed by atoms with E-state index < -0.39 is 0 Å². The van der Waals surface area contributed by atoms with Crippen LogP contribution in [0.25, 0.3) is 0 Å². The summed E-state index contributed by atoms with van der Waals surface area (Å²) >= 11 is 5.12. The average Bonchev–Trinajstić information content (AvgIpc) is 2.79. The number of nitrogens with zero attached hydrogens (tertiary/aromatic N) is 1. The third kappa shape index (κ3) is 2.89. The molecule has 0 fully saturated rings. The first-order chi connectivity index (χ1) is 7.79. The number of nitrogens with one attached hydrogen (secondary N) is 1. The van der Waals surface area contributed by atoms with Crippen molar-refractivity contribution in [2.45, 2.75) is 12.5 Å². The van der Waals surface area contributed by atoms with Gasteiger partial charge in [-0.1, -0.05) is 6.07 Å². The van der Waals surface area contributed by atoms with Crippen molar-refractivity contribution in [3.63, 3.8) is 0 Å². The Morgan fingerprint density at radius 3 is 3.00 bits per heavy atom. The minimum absolute atomic E-state index is 0.149. The molecule has 16 heavy (non-hydrogen) atoms. The van der Waals surface area contributed by atoms with Crippen LogP contribution in [0.1, 0.15) is 16.5 Å². The SMILES string of the molecule is NNC(Cc1cncc(Br)c1)c1cccs1. The molecule has 3 nitrogen and oxygen atoms in total. The Hall–Kier alpha value is -0.750. The molecule has 0 saturated heterocycles. The summed E-state index contributed by atoms with van der Waals surface area (Å²) in [6.07, 6.45) is 4.48. The highest BCUT2D eigenvalue weighted by Crippen LogP contribution is 2.22. The molecule has 0 aliphatic rings. The summed E-state index contributed by atoms with van der Waals surface area (Å²) in [5, 5.41) is 2.05. The number of rotatable bonds is 4. The van der Waals surface area contributed by atoms with Crippen LogP contribution in [0.5, 0.6) is 0 Å². The minimum atomic E-state index is 0.149. The Labute approximate surface area is 107 Å². The summed E-state index contributed by atoms with van der Waals surface area (Å²) in [5.74, 6) is 5.57. The topological polar surface area (TPSA) is 50.9 Å². The lowest BCUT2D eigenvalue weighted by Crippen LogP contribution is -2.28. The van der Waals surface area contributed by atoms with Crippen LogP contribution >= 0.6 is 27.3 Å². The zero-order valence-corrected chi connectivity index (χ0v) is 11.0. The number of nitrogens with two attached hydrogens (primary N) is 1. The van der Waals surface area contributed by atoms with Gasteiger partial charge in [0.05, 0.1) is 6.04 Å². The molecule has 84 valence electrons. The first kappa shape index (κ1) is 11.7. The van der Waals surface area contributed by atoms with E-state index in [4.69, 9.17) is 5.84 Å². The van der Waals surface area contributed by atoms with E-state index in [0.29, 0.717) is 0 Å². The molecular formula is C11H12BrN3S. The van der Waals surface area contributed by atoms with E-state index in [1.165, 1.54) is 4.88 Å². The molecule has 2 aromatic rings. The third-order valence-corrected chi connectivity index (χ3v) is 3.71. The van der Waals surface area contributed by atoms with Gasteiger partial charge in [0.15, 0.2) is 0 Å². The van der Waals surface area contributed by atoms with Gasteiger partial charge < -0.3 is 0 Å². The van der Waals surface area contributed by atoms with Crippen LogP contribution in [0.4, 0.5) is 0 Å². The van der Waals surface area contributed by atoms with Crippen molar-refractivity contribution in [2.24, 2.45) is 5.84 Å². The van der Waals surface area contributed by atoms with Gasteiger partial charge in [-0.3, -0.25) is 16.3 Å². The summed E-state index contributed by atoms with van der Waals surface area (Å²) in [6, 6.07) is 6.32. The van der Waals surface area contributed by atoms with Crippen molar-refractivity contribution in [3.8, 4) is 0 Å². The molecule has 0 amide bonds. The van der Waals surface area contributed by atoms with E-state index in [1.807, 2.05) is 12.3 Å². The van der Waals surface area contributed by atoms with Crippen LogP contribution in [-0.4, -0.2) is 4.98 Å². The fourth-order valence-corrected chi connectivity index (χ4v) is 2.73. The zero-order chi connectivity index (χ0) is 11.4. The van der Waals surface area contributed by atoms with Gasteiger partial charge in [0, 0.05) is 21.7 Å².